The van der Waals surface area contributed by atoms with Crippen molar-refractivity contribution in [2.45, 2.75) is 6.54 Å². The fourth-order valence-corrected chi connectivity index (χ4v) is 3.29. The van der Waals surface area contributed by atoms with Gasteiger partial charge in [0.15, 0.2) is 4.80 Å². The lowest BCUT2D eigenvalue weighted by Gasteiger charge is -2.01. The minimum absolute atomic E-state index is 0.318. The van der Waals surface area contributed by atoms with Gasteiger partial charge in [-0.1, -0.05) is 35.5 Å². The van der Waals surface area contributed by atoms with E-state index in [4.69, 9.17) is 11.2 Å². The second kappa shape index (κ2) is 6.51. The summed E-state index contributed by atoms with van der Waals surface area (Å²) >= 11 is 1.45. The summed E-state index contributed by atoms with van der Waals surface area (Å²) < 4.78 is 8.06. The molecule has 0 aliphatic rings. The highest BCUT2D eigenvalue weighted by atomic mass is 32.1. The second-order valence-electron chi connectivity index (χ2n) is 4.79. The molecule has 1 heterocycles. The number of para-hydroxylation sites is 1. The number of methoxy groups -OCH3 is 1. The van der Waals surface area contributed by atoms with Crippen LogP contribution in [-0.4, -0.2) is 17.6 Å². The van der Waals surface area contributed by atoms with Gasteiger partial charge in [-0.2, -0.15) is 4.99 Å². The number of hydrogen-bond donors (Lipinski definition) is 0. The molecule has 3 aromatic rings. The maximum atomic E-state index is 12.4. The van der Waals surface area contributed by atoms with Gasteiger partial charge in [-0.05, 0) is 30.3 Å². The first-order chi connectivity index (χ1) is 11.2. The highest BCUT2D eigenvalue weighted by Gasteiger charge is 2.09. The minimum atomic E-state index is -0.318. The van der Waals surface area contributed by atoms with Crippen LogP contribution in [0, 0.1) is 12.3 Å². The fourth-order valence-electron chi connectivity index (χ4n) is 2.26. The molecule has 0 spiro atoms. The lowest BCUT2D eigenvalue weighted by molar-refractivity contribution is 0.0997. The molecule has 0 fully saturated rings. The van der Waals surface area contributed by atoms with Crippen LogP contribution in [-0.2, 0) is 6.54 Å². The van der Waals surface area contributed by atoms with Gasteiger partial charge in [-0.3, -0.25) is 4.79 Å². The number of carbonyl (C=O) groups excluding carboxylic acids is 1. The standard InChI is InChI=1S/C18H14N2O2S/c1-3-11-20-15-9-4-5-10-16(15)23-18(20)19-17(21)13-7-6-8-14(12-13)22-2/h1,4-10,12H,11H2,2H3. The molecule has 0 radical (unpaired) electrons. The molecular weight excluding hydrogens is 308 g/mol. The van der Waals surface area contributed by atoms with Crippen molar-refractivity contribution in [2.24, 2.45) is 4.99 Å². The van der Waals surface area contributed by atoms with Crippen LogP contribution in [0.2, 0.25) is 0 Å². The zero-order chi connectivity index (χ0) is 16.2. The average molecular weight is 322 g/mol. The predicted octanol–water partition coefficient (Wildman–Crippen LogP) is 3.09. The van der Waals surface area contributed by atoms with Crippen molar-refractivity contribution in [1.29, 1.82) is 0 Å². The number of fused-ring (bicyclic) bond motifs is 1. The van der Waals surface area contributed by atoms with Crippen molar-refractivity contribution < 1.29 is 9.53 Å². The van der Waals surface area contributed by atoms with E-state index in [-0.39, 0.29) is 5.91 Å². The minimum Gasteiger partial charge on any atom is -0.497 e. The zero-order valence-corrected chi connectivity index (χ0v) is 13.3. The van der Waals surface area contributed by atoms with Crippen LogP contribution < -0.4 is 9.54 Å². The monoisotopic (exact) mass is 322 g/mol. The van der Waals surface area contributed by atoms with Crippen molar-refractivity contribution in [1.82, 2.24) is 4.57 Å². The lowest BCUT2D eigenvalue weighted by atomic mass is 10.2. The fraction of sp³-hybridized carbons (Fsp3) is 0.111. The largest absolute Gasteiger partial charge is 0.497 e. The number of benzene rings is 2. The van der Waals surface area contributed by atoms with Gasteiger partial charge in [-0.25, -0.2) is 0 Å². The summed E-state index contributed by atoms with van der Waals surface area (Å²) in [5.41, 5.74) is 1.46. The Labute approximate surface area is 137 Å². The molecule has 0 bridgehead atoms. The van der Waals surface area contributed by atoms with E-state index in [1.54, 1.807) is 31.4 Å². The normalized spacial score (nSPS) is 11.4. The maximum absolute atomic E-state index is 12.4. The van der Waals surface area contributed by atoms with E-state index < -0.39 is 0 Å². The van der Waals surface area contributed by atoms with E-state index in [1.807, 2.05) is 28.8 Å². The molecule has 0 saturated carbocycles. The first-order valence-corrected chi connectivity index (χ1v) is 7.79. The van der Waals surface area contributed by atoms with Crippen LogP contribution in [0.5, 0.6) is 5.75 Å². The number of carbonyl (C=O) groups is 1. The molecule has 4 nitrogen and oxygen atoms in total. The van der Waals surface area contributed by atoms with Crippen molar-refractivity contribution in [3.63, 3.8) is 0 Å². The predicted molar refractivity (Wildman–Crippen MR) is 91.5 cm³/mol. The summed E-state index contributed by atoms with van der Waals surface area (Å²) in [7, 11) is 1.56. The molecule has 0 saturated heterocycles. The maximum Gasteiger partial charge on any atom is 0.279 e. The van der Waals surface area contributed by atoms with Crippen LogP contribution >= 0.6 is 11.3 Å². The Morgan fingerprint density at radius 3 is 2.91 bits per heavy atom. The zero-order valence-electron chi connectivity index (χ0n) is 12.5. The number of aromatic nitrogens is 1. The highest BCUT2D eigenvalue weighted by Crippen LogP contribution is 2.17. The number of hydrogen-bond acceptors (Lipinski definition) is 3. The van der Waals surface area contributed by atoms with Crippen molar-refractivity contribution in [3.05, 3.63) is 58.9 Å². The average Bonchev–Trinajstić information content (AvgIpc) is 2.93. The molecule has 5 heteroatoms. The van der Waals surface area contributed by atoms with Crippen molar-refractivity contribution >= 4 is 27.5 Å². The van der Waals surface area contributed by atoms with Gasteiger partial charge < -0.3 is 9.30 Å². The summed E-state index contributed by atoms with van der Waals surface area (Å²) in [6.45, 7) is 0.369. The van der Waals surface area contributed by atoms with Crippen LogP contribution in [0.1, 0.15) is 10.4 Å². The van der Waals surface area contributed by atoms with Crippen LogP contribution in [0.3, 0.4) is 0 Å². The summed E-state index contributed by atoms with van der Waals surface area (Å²) in [6, 6.07) is 14.8. The highest BCUT2D eigenvalue weighted by molar-refractivity contribution is 7.16. The van der Waals surface area contributed by atoms with Gasteiger partial charge >= 0.3 is 0 Å². The molecule has 0 atom stereocenters. The first-order valence-electron chi connectivity index (χ1n) is 6.98. The summed E-state index contributed by atoms with van der Waals surface area (Å²) in [5.74, 6) is 2.92. The number of rotatable bonds is 3. The molecule has 0 unspecified atom stereocenters. The Kier molecular flexibility index (Phi) is 4.26. The Morgan fingerprint density at radius 1 is 1.30 bits per heavy atom. The lowest BCUT2D eigenvalue weighted by Crippen LogP contribution is -2.16. The van der Waals surface area contributed by atoms with Gasteiger partial charge in [0.05, 0.1) is 23.9 Å². The molecule has 2 aromatic carbocycles. The smallest absolute Gasteiger partial charge is 0.279 e. The molecule has 0 aliphatic heterocycles. The summed E-state index contributed by atoms with van der Waals surface area (Å²) in [5, 5.41) is 0. The van der Waals surface area contributed by atoms with E-state index in [1.165, 1.54) is 11.3 Å². The molecule has 114 valence electrons. The van der Waals surface area contributed by atoms with Gasteiger partial charge in [0.1, 0.15) is 5.75 Å². The SMILES string of the molecule is C#CCn1c(=NC(=O)c2cccc(OC)c2)sc2ccccc21. The summed E-state index contributed by atoms with van der Waals surface area (Å²) in [4.78, 5) is 17.3. The van der Waals surface area contributed by atoms with E-state index in [0.29, 0.717) is 22.7 Å². The molecule has 0 N–H and O–H groups in total. The Hall–Kier alpha value is -2.84. The van der Waals surface area contributed by atoms with Crippen molar-refractivity contribution in [2.75, 3.05) is 7.11 Å². The van der Waals surface area contributed by atoms with E-state index in [2.05, 4.69) is 10.9 Å². The number of ether oxygens (including phenoxy) is 1. The van der Waals surface area contributed by atoms with E-state index >= 15 is 0 Å². The Bertz CT molecular complexity index is 976. The van der Waals surface area contributed by atoms with Crippen LogP contribution in [0.25, 0.3) is 10.2 Å². The molecule has 1 amide bonds. The molecule has 3 rings (SSSR count). The van der Waals surface area contributed by atoms with Gasteiger partial charge in [0.2, 0.25) is 0 Å². The van der Waals surface area contributed by atoms with E-state index in [0.717, 1.165) is 10.2 Å². The van der Waals surface area contributed by atoms with Gasteiger partial charge in [0.25, 0.3) is 5.91 Å². The van der Waals surface area contributed by atoms with Gasteiger partial charge in [-0.15, -0.1) is 6.42 Å². The number of nitrogens with zero attached hydrogens (tertiary/aromatic N) is 2. The Balaban J connectivity index is 2.11. The van der Waals surface area contributed by atoms with E-state index in [9.17, 15) is 4.79 Å². The summed E-state index contributed by atoms with van der Waals surface area (Å²) in [6.07, 6.45) is 5.45. The quantitative estimate of drug-likeness (QED) is 0.696. The number of terminal acetylenes is 1. The Morgan fingerprint density at radius 2 is 2.13 bits per heavy atom. The molecular formula is C18H14N2O2S. The third kappa shape index (κ3) is 3.03. The van der Waals surface area contributed by atoms with Crippen LogP contribution in [0.15, 0.2) is 53.5 Å². The van der Waals surface area contributed by atoms with Crippen molar-refractivity contribution in [3.8, 4) is 18.1 Å². The molecule has 1 aromatic heterocycles. The second-order valence-corrected chi connectivity index (χ2v) is 5.80. The number of thiazole rings is 1. The third-order valence-electron chi connectivity index (χ3n) is 3.35. The van der Waals surface area contributed by atoms with Gasteiger partial charge in [0, 0.05) is 5.56 Å². The number of amides is 1. The topological polar surface area (TPSA) is 43.6 Å². The third-order valence-corrected chi connectivity index (χ3v) is 4.41. The van der Waals surface area contributed by atoms with Crippen LogP contribution in [0.4, 0.5) is 0 Å². The molecule has 23 heavy (non-hydrogen) atoms. The first kappa shape index (κ1) is 15.1. The molecule has 0 aliphatic carbocycles.